The molecule has 0 aromatic heterocycles. The minimum absolute atomic E-state index is 0.00400. The first-order valence-corrected chi connectivity index (χ1v) is 6.85. The topological polar surface area (TPSA) is 102 Å². The summed E-state index contributed by atoms with van der Waals surface area (Å²) < 4.78 is 4.82. The van der Waals surface area contributed by atoms with Gasteiger partial charge in [-0.1, -0.05) is 13.8 Å². The second kappa shape index (κ2) is 7.92. The van der Waals surface area contributed by atoms with Gasteiger partial charge >= 0.3 is 5.97 Å². The van der Waals surface area contributed by atoms with Gasteiger partial charge in [0.1, 0.15) is 0 Å². The molecule has 1 aliphatic carbocycles. The Labute approximate surface area is 124 Å². The average molecular weight is 294 g/mol. The van der Waals surface area contributed by atoms with Crippen molar-refractivity contribution in [1.29, 1.82) is 0 Å². The van der Waals surface area contributed by atoms with Crippen LogP contribution in [0.4, 0.5) is 0 Å². The Hall–Kier alpha value is -1.70. The van der Waals surface area contributed by atoms with Gasteiger partial charge < -0.3 is 15.3 Å². The number of hydrogen-bond donors (Lipinski definition) is 2. The Morgan fingerprint density at radius 3 is 2.33 bits per heavy atom. The quantitative estimate of drug-likeness (QED) is 0.356. The zero-order valence-electron chi connectivity index (χ0n) is 12.2. The van der Waals surface area contributed by atoms with E-state index in [4.69, 9.17) is 12.7 Å². The lowest BCUT2D eigenvalue weighted by Gasteiger charge is -2.19. The van der Waals surface area contributed by atoms with Gasteiger partial charge in [-0.15, -0.1) is 0 Å². The van der Waals surface area contributed by atoms with E-state index in [0.717, 1.165) is 0 Å². The number of ether oxygens (including phenoxy) is 1. The SMILES string of the molecule is [B]N[C@H](C(=O)NCCC(=O)OC1C(=O)CCC1=O)C(C)C. The highest BCUT2D eigenvalue weighted by atomic mass is 16.6. The fourth-order valence-corrected chi connectivity index (χ4v) is 1.98. The van der Waals surface area contributed by atoms with E-state index in [2.05, 4.69) is 10.5 Å². The van der Waals surface area contributed by atoms with Crippen LogP contribution in [0.25, 0.3) is 0 Å². The van der Waals surface area contributed by atoms with Crippen LogP contribution in [0.2, 0.25) is 0 Å². The number of amides is 1. The van der Waals surface area contributed by atoms with Crippen molar-refractivity contribution in [3.8, 4) is 0 Å². The smallest absolute Gasteiger partial charge is 0.308 e. The minimum Gasteiger partial charge on any atom is -0.446 e. The second-order valence-corrected chi connectivity index (χ2v) is 5.23. The van der Waals surface area contributed by atoms with E-state index < -0.39 is 18.1 Å². The summed E-state index contributed by atoms with van der Waals surface area (Å²) in [6, 6.07) is -0.556. The van der Waals surface area contributed by atoms with E-state index in [9.17, 15) is 19.2 Å². The third kappa shape index (κ3) is 4.97. The zero-order chi connectivity index (χ0) is 16.0. The summed E-state index contributed by atoms with van der Waals surface area (Å²) in [5.41, 5.74) is 0. The van der Waals surface area contributed by atoms with Crippen LogP contribution in [0, 0.1) is 5.92 Å². The summed E-state index contributed by atoms with van der Waals surface area (Å²) in [5, 5.41) is 4.93. The number of Topliss-reactive ketones (excluding diaryl/α,β-unsaturated/α-hetero) is 2. The van der Waals surface area contributed by atoms with Gasteiger partial charge in [0.05, 0.1) is 12.5 Å². The van der Waals surface area contributed by atoms with Crippen molar-refractivity contribution in [3.05, 3.63) is 0 Å². The molecule has 0 spiro atoms. The summed E-state index contributed by atoms with van der Waals surface area (Å²) in [7, 11) is 5.27. The number of nitrogens with one attached hydrogen (secondary N) is 2. The molecular formula is C13H19BN2O5. The van der Waals surface area contributed by atoms with E-state index in [0.29, 0.717) is 0 Å². The lowest BCUT2D eigenvalue weighted by atomic mass is 10.0. The van der Waals surface area contributed by atoms with Gasteiger partial charge in [0, 0.05) is 19.4 Å². The van der Waals surface area contributed by atoms with Gasteiger partial charge in [0.15, 0.2) is 19.5 Å². The van der Waals surface area contributed by atoms with Gasteiger partial charge in [0.2, 0.25) is 12.0 Å². The maximum Gasteiger partial charge on any atom is 0.308 e. The highest BCUT2D eigenvalue weighted by molar-refractivity contribution is 6.12. The lowest BCUT2D eigenvalue weighted by Crippen LogP contribution is -2.47. The molecule has 1 aliphatic rings. The van der Waals surface area contributed by atoms with Crippen LogP contribution in [0.15, 0.2) is 0 Å². The van der Waals surface area contributed by atoms with Crippen LogP contribution in [-0.4, -0.2) is 50.1 Å². The van der Waals surface area contributed by atoms with Crippen LogP contribution in [-0.2, 0) is 23.9 Å². The van der Waals surface area contributed by atoms with Gasteiger partial charge in [0.25, 0.3) is 0 Å². The molecule has 0 aliphatic heterocycles. The zero-order valence-corrected chi connectivity index (χ0v) is 12.2. The summed E-state index contributed by atoms with van der Waals surface area (Å²) >= 11 is 0. The molecule has 1 rings (SSSR count). The van der Waals surface area contributed by atoms with Crippen molar-refractivity contribution in [3.63, 3.8) is 0 Å². The van der Waals surface area contributed by atoms with Gasteiger partial charge in [-0.2, -0.15) is 0 Å². The average Bonchev–Trinajstić information content (AvgIpc) is 2.71. The number of carbonyl (C=O) groups is 4. The molecule has 8 heteroatoms. The normalized spacial score (nSPS) is 17.1. The first-order valence-electron chi connectivity index (χ1n) is 6.85. The molecule has 21 heavy (non-hydrogen) atoms. The third-order valence-corrected chi connectivity index (χ3v) is 3.21. The molecule has 2 radical (unpaired) electrons. The van der Waals surface area contributed by atoms with Crippen LogP contribution in [0.5, 0.6) is 0 Å². The van der Waals surface area contributed by atoms with Crippen molar-refractivity contribution in [2.24, 2.45) is 5.92 Å². The van der Waals surface area contributed by atoms with Crippen LogP contribution < -0.4 is 10.5 Å². The largest absolute Gasteiger partial charge is 0.446 e. The summed E-state index contributed by atoms with van der Waals surface area (Å²) in [5.74, 6) is -1.76. The van der Waals surface area contributed by atoms with Crippen LogP contribution in [0.1, 0.15) is 33.1 Å². The number of carbonyl (C=O) groups excluding carboxylic acids is 4. The molecule has 1 amide bonds. The molecule has 2 N–H and O–H groups in total. The fourth-order valence-electron chi connectivity index (χ4n) is 1.98. The molecule has 0 unspecified atom stereocenters. The fraction of sp³-hybridized carbons (Fsp3) is 0.692. The number of esters is 1. The van der Waals surface area contributed by atoms with E-state index >= 15 is 0 Å². The third-order valence-electron chi connectivity index (χ3n) is 3.21. The Bertz CT molecular complexity index is 422. The van der Waals surface area contributed by atoms with Crippen molar-refractivity contribution >= 4 is 31.4 Å². The van der Waals surface area contributed by atoms with E-state index in [1.54, 1.807) is 0 Å². The standard InChI is InChI=1S/C13H19BN2O5/c1-7(2)11(16-14)13(20)15-6-5-10(19)21-12-8(17)3-4-9(12)18/h7,11-12,16H,3-6H2,1-2H3,(H,15,20)/t11-/m0/s1. The summed E-state index contributed by atoms with van der Waals surface area (Å²) in [4.78, 5) is 45.9. The van der Waals surface area contributed by atoms with Crippen molar-refractivity contribution < 1.29 is 23.9 Å². The number of rotatable bonds is 7. The molecule has 0 heterocycles. The highest BCUT2D eigenvalue weighted by Gasteiger charge is 2.35. The Morgan fingerprint density at radius 1 is 1.29 bits per heavy atom. The predicted molar refractivity (Wildman–Crippen MR) is 74.3 cm³/mol. The van der Waals surface area contributed by atoms with Crippen LogP contribution in [0.3, 0.4) is 0 Å². The molecule has 0 bridgehead atoms. The predicted octanol–water partition coefficient (Wildman–Crippen LogP) is -0.966. The minimum atomic E-state index is -1.26. The Balaban J connectivity index is 2.32. The Kier molecular flexibility index (Phi) is 6.55. The van der Waals surface area contributed by atoms with Gasteiger partial charge in [-0.25, -0.2) is 0 Å². The van der Waals surface area contributed by atoms with E-state index in [1.165, 1.54) is 0 Å². The van der Waals surface area contributed by atoms with E-state index in [1.807, 2.05) is 13.8 Å². The lowest BCUT2D eigenvalue weighted by molar-refractivity contribution is -0.157. The van der Waals surface area contributed by atoms with Crippen molar-refractivity contribution in [2.45, 2.75) is 45.3 Å². The first kappa shape index (κ1) is 17.4. The molecule has 7 nitrogen and oxygen atoms in total. The monoisotopic (exact) mass is 294 g/mol. The molecule has 0 saturated heterocycles. The molecular weight excluding hydrogens is 275 g/mol. The molecule has 1 atom stereocenters. The molecule has 1 fully saturated rings. The molecule has 114 valence electrons. The highest BCUT2D eigenvalue weighted by Crippen LogP contribution is 2.14. The molecule has 1 saturated carbocycles. The molecule has 0 aromatic carbocycles. The molecule has 0 aromatic rings. The maximum absolute atomic E-state index is 11.7. The van der Waals surface area contributed by atoms with Crippen molar-refractivity contribution in [2.75, 3.05) is 6.54 Å². The second-order valence-electron chi connectivity index (χ2n) is 5.23. The summed E-state index contributed by atoms with van der Waals surface area (Å²) in [6.45, 7) is 3.71. The van der Waals surface area contributed by atoms with Gasteiger partial charge in [-0.05, 0) is 5.92 Å². The summed E-state index contributed by atoms with van der Waals surface area (Å²) in [6.07, 6.45) is -1.14. The number of ketones is 2. The first-order chi connectivity index (χ1) is 9.86. The van der Waals surface area contributed by atoms with E-state index in [-0.39, 0.29) is 49.2 Å². The maximum atomic E-state index is 11.7. The van der Waals surface area contributed by atoms with Crippen molar-refractivity contribution in [1.82, 2.24) is 10.5 Å². The van der Waals surface area contributed by atoms with Crippen LogP contribution >= 0.6 is 0 Å². The van der Waals surface area contributed by atoms with Gasteiger partial charge in [-0.3, -0.25) is 19.2 Å². The Morgan fingerprint density at radius 2 is 1.86 bits per heavy atom. The number of hydrogen-bond acceptors (Lipinski definition) is 6.